The molecule has 1 rings (SSSR count). The molecule has 0 bridgehead atoms. The zero-order valence-electron chi connectivity index (χ0n) is 7.21. The number of carbonyl (C=O) groups excluding carboxylic acids is 1. The fraction of sp³-hybridized carbons (Fsp3) is 0.222. The molecule has 0 amide bonds. The highest BCUT2D eigenvalue weighted by atomic mass is 127. The molecule has 0 fully saturated rings. The van der Waals surface area contributed by atoms with Crippen molar-refractivity contribution in [3.05, 3.63) is 21.8 Å². The first-order valence-electron chi connectivity index (χ1n) is 3.89. The van der Waals surface area contributed by atoms with Crippen molar-refractivity contribution in [1.82, 2.24) is 0 Å². The minimum absolute atomic E-state index is 0.268. The summed E-state index contributed by atoms with van der Waals surface area (Å²) in [5.74, 6) is 0.200. The highest BCUT2D eigenvalue weighted by Gasteiger charge is 2.08. The van der Waals surface area contributed by atoms with Crippen molar-refractivity contribution in [2.24, 2.45) is 0 Å². The van der Waals surface area contributed by atoms with E-state index in [1.807, 2.05) is 12.1 Å². The van der Waals surface area contributed by atoms with Crippen molar-refractivity contribution < 1.29 is 9.53 Å². The molecular formula is C9H10INO2. The lowest BCUT2D eigenvalue weighted by Crippen LogP contribution is -2.08. The lowest BCUT2D eigenvalue weighted by molar-refractivity contribution is -0.134. The Morgan fingerprint density at radius 2 is 2.31 bits per heavy atom. The maximum Gasteiger partial charge on any atom is 0.311 e. The number of rotatable bonds is 2. The Hall–Kier alpha value is -0.780. The van der Waals surface area contributed by atoms with Gasteiger partial charge in [0.05, 0.1) is 9.26 Å². The highest BCUT2D eigenvalue weighted by Crippen LogP contribution is 2.27. The third kappa shape index (κ3) is 2.58. The average Bonchev–Trinajstić information content (AvgIpc) is 2.11. The summed E-state index contributed by atoms with van der Waals surface area (Å²) < 4.78 is 5.90. The number of nitrogen functional groups attached to an aromatic ring is 1. The van der Waals surface area contributed by atoms with Crippen LogP contribution in [-0.2, 0) is 4.79 Å². The van der Waals surface area contributed by atoms with Gasteiger partial charge in [0.1, 0.15) is 0 Å². The monoisotopic (exact) mass is 291 g/mol. The largest absolute Gasteiger partial charge is 0.423 e. The SMILES string of the molecule is CCC(=O)Oc1c(N)cccc1I. The predicted molar refractivity (Wildman–Crippen MR) is 59.5 cm³/mol. The third-order valence-electron chi connectivity index (χ3n) is 1.50. The number of ether oxygens (including phenoxy) is 1. The molecule has 0 heterocycles. The Balaban J connectivity index is 2.93. The minimum Gasteiger partial charge on any atom is -0.423 e. The van der Waals surface area contributed by atoms with Crippen LogP contribution in [0.4, 0.5) is 5.69 Å². The fourth-order valence-electron chi connectivity index (χ4n) is 0.819. The van der Waals surface area contributed by atoms with E-state index >= 15 is 0 Å². The number of para-hydroxylation sites is 1. The van der Waals surface area contributed by atoms with Gasteiger partial charge in [0, 0.05) is 6.42 Å². The zero-order chi connectivity index (χ0) is 9.84. The molecular weight excluding hydrogens is 281 g/mol. The first kappa shape index (κ1) is 10.3. The summed E-state index contributed by atoms with van der Waals surface area (Å²) in [6.45, 7) is 1.74. The Morgan fingerprint density at radius 1 is 1.62 bits per heavy atom. The lowest BCUT2D eigenvalue weighted by Gasteiger charge is -2.07. The normalized spacial score (nSPS) is 9.69. The molecule has 2 N–H and O–H groups in total. The van der Waals surface area contributed by atoms with Crippen molar-refractivity contribution in [2.45, 2.75) is 13.3 Å². The maximum absolute atomic E-state index is 11.0. The topological polar surface area (TPSA) is 52.3 Å². The summed E-state index contributed by atoms with van der Waals surface area (Å²) >= 11 is 2.08. The predicted octanol–water partition coefficient (Wildman–Crippen LogP) is 2.19. The van der Waals surface area contributed by atoms with E-state index in [2.05, 4.69) is 22.6 Å². The van der Waals surface area contributed by atoms with Crippen LogP contribution in [-0.4, -0.2) is 5.97 Å². The van der Waals surface area contributed by atoms with Crippen LogP contribution in [0.1, 0.15) is 13.3 Å². The van der Waals surface area contributed by atoms with Crippen LogP contribution in [0.15, 0.2) is 18.2 Å². The molecule has 0 unspecified atom stereocenters. The molecule has 0 aliphatic rings. The molecule has 0 aromatic heterocycles. The Labute approximate surface area is 90.4 Å². The van der Waals surface area contributed by atoms with Crippen LogP contribution >= 0.6 is 22.6 Å². The summed E-state index contributed by atoms with van der Waals surface area (Å²) in [4.78, 5) is 11.0. The van der Waals surface area contributed by atoms with Crippen LogP contribution in [0, 0.1) is 3.57 Å². The van der Waals surface area contributed by atoms with Crippen LogP contribution in [0.3, 0.4) is 0 Å². The summed E-state index contributed by atoms with van der Waals surface area (Å²) in [5, 5.41) is 0. The molecule has 0 radical (unpaired) electrons. The quantitative estimate of drug-likeness (QED) is 0.393. The van der Waals surface area contributed by atoms with Gasteiger partial charge < -0.3 is 10.5 Å². The fourth-order valence-corrected chi connectivity index (χ4v) is 1.45. The van der Waals surface area contributed by atoms with Gasteiger partial charge in [-0.25, -0.2) is 0 Å². The molecule has 0 saturated carbocycles. The van der Waals surface area contributed by atoms with Gasteiger partial charge in [-0.15, -0.1) is 0 Å². The van der Waals surface area contributed by atoms with Crippen molar-refractivity contribution in [1.29, 1.82) is 0 Å². The van der Waals surface area contributed by atoms with Crippen LogP contribution < -0.4 is 10.5 Å². The second-order valence-corrected chi connectivity index (χ2v) is 3.65. The van der Waals surface area contributed by atoms with Gasteiger partial charge in [-0.05, 0) is 34.7 Å². The molecule has 0 saturated heterocycles. The molecule has 1 aromatic rings. The van der Waals surface area contributed by atoms with Gasteiger partial charge in [0.2, 0.25) is 0 Å². The number of nitrogens with two attached hydrogens (primary N) is 1. The molecule has 1 aromatic carbocycles. The maximum atomic E-state index is 11.0. The van der Waals surface area contributed by atoms with E-state index in [0.717, 1.165) is 3.57 Å². The molecule has 3 nitrogen and oxygen atoms in total. The van der Waals surface area contributed by atoms with Crippen molar-refractivity contribution in [3.8, 4) is 5.75 Å². The van der Waals surface area contributed by atoms with Crippen molar-refractivity contribution in [3.63, 3.8) is 0 Å². The Morgan fingerprint density at radius 3 is 2.85 bits per heavy atom. The third-order valence-corrected chi connectivity index (χ3v) is 2.35. The number of esters is 1. The number of carbonyl (C=O) groups is 1. The minimum atomic E-state index is -0.268. The molecule has 13 heavy (non-hydrogen) atoms. The van der Waals surface area contributed by atoms with Gasteiger partial charge in [0.15, 0.2) is 5.75 Å². The van der Waals surface area contributed by atoms with E-state index in [9.17, 15) is 4.79 Å². The zero-order valence-corrected chi connectivity index (χ0v) is 9.37. The van der Waals surface area contributed by atoms with E-state index in [4.69, 9.17) is 10.5 Å². The van der Waals surface area contributed by atoms with Crippen molar-refractivity contribution >= 4 is 34.2 Å². The number of hydrogen-bond donors (Lipinski definition) is 1. The average molecular weight is 291 g/mol. The molecule has 70 valence electrons. The molecule has 0 atom stereocenters. The summed E-state index contributed by atoms with van der Waals surface area (Å²) in [7, 11) is 0. The highest BCUT2D eigenvalue weighted by molar-refractivity contribution is 14.1. The molecule has 0 aliphatic heterocycles. The standard InChI is InChI=1S/C9H10INO2/c1-2-8(12)13-9-6(10)4-3-5-7(9)11/h3-5H,2,11H2,1H3. The number of anilines is 1. The smallest absolute Gasteiger partial charge is 0.311 e. The number of halogens is 1. The number of benzene rings is 1. The van der Waals surface area contributed by atoms with Gasteiger partial charge in [-0.2, -0.15) is 0 Å². The van der Waals surface area contributed by atoms with Gasteiger partial charge in [-0.1, -0.05) is 13.0 Å². The van der Waals surface area contributed by atoms with E-state index in [1.54, 1.807) is 13.0 Å². The van der Waals surface area contributed by atoms with E-state index in [-0.39, 0.29) is 5.97 Å². The van der Waals surface area contributed by atoms with Crippen LogP contribution in [0.2, 0.25) is 0 Å². The second kappa shape index (κ2) is 4.45. The summed E-state index contributed by atoms with van der Waals surface area (Å²) in [5.41, 5.74) is 6.14. The molecule has 4 heteroatoms. The van der Waals surface area contributed by atoms with E-state index in [0.29, 0.717) is 17.9 Å². The lowest BCUT2D eigenvalue weighted by atomic mass is 10.3. The number of hydrogen-bond acceptors (Lipinski definition) is 3. The Kier molecular flexibility index (Phi) is 3.53. The first-order valence-corrected chi connectivity index (χ1v) is 4.97. The summed E-state index contributed by atoms with van der Waals surface area (Å²) in [6.07, 6.45) is 0.352. The summed E-state index contributed by atoms with van der Waals surface area (Å²) in [6, 6.07) is 5.37. The first-order chi connectivity index (χ1) is 6.15. The molecule has 0 aliphatic carbocycles. The van der Waals surface area contributed by atoms with Gasteiger partial charge in [0.25, 0.3) is 0 Å². The Bertz CT molecular complexity index is 305. The van der Waals surface area contributed by atoms with Crippen LogP contribution in [0.5, 0.6) is 5.75 Å². The second-order valence-electron chi connectivity index (χ2n) is 2.49. The van der Waals surface area contributed by atoms with E-state index in [1.165, 1.54) is 0 Å². The van der Waals surface area contributed by atoms with Crippen LogP contribution in [0.25, 0.3) is 0 Å². The van der Waals surface area contributed by atoms with E-state index < -0.39 is 0 Å². The van der Waals surface area contributed by atoms with Gasteiger partial charge >= 0.3 is 5.97 Å². The molecule has 0 spiro atoms. The van der Waals surface area contributed by atoms with Gasteiger partial charge in [-0.3, -0.25) is 4.79 Å². The van der Waals surface area contributed by atoms with Crippen molar-refractivity contribution in [2.75, 3.05) is 5.73 Å².